The van der Waals surface area contributed by atoms with E-state index in [9.17, 15) is 9.59 Å². The van der Waals surface area contributed by atoms with Gasteiger partial charge in [-0.05, 0) is 36.3 Å². The first-order chi connectivity index (χ1) is 9.30. The lowest BCUT2D eigenvalue weighted by Crippen LogP contribution is -2.17. The zero-order valence-corrected chi connectivity index (χ0v) is 11.8. The number of hydrogen-bond donors (Lipinski definition) is 0. The highest BCUT2D eigenvalue weighted by Gasteiger charge is 2.22. The summed E-state index contributed by atoms with van der Waals surface area (Å²) in [4.78, 5) is 19.7. The second-order valence-corrected chi connectivity index (χ2v) is 5.24. The van der Waals surface area contributed by atoms with Crippen LogP contribution < -0.4 is 0 Å². The molecule has 0 atom stereocenters. The number of benzene rings is 1. The molecule has 19 heavy (non-hydrogen) atoms. The molecule has 0 spiro atoms. The van der Waals surface area contributed by atoms with Gasteiger partial charge in [0.25, 0.3) is 6.47 Å². The minimum atomic E-state index is 0.365. The highest BCUT2D eigenvalue weighted by molar-refractivity contribution is 7.98. The lowest BCUT2D eigenvalue weighted by molar-refractivity contribution is -0.129. The van der Waals surface area contributed by atoms with Gasteiger partial charge in [-0.1, -0.05) is 30.3 Å². The molecule has 0 aliphatic heterocycles. The Kier molecular flexibility index (Phi) is 7.71. The van der Waals surface area contributed by atoms with Gasteiger partial charge in [-0.25, -0.2) is 4.79 Å². The largest absolute Gasteiger partial charge is 0.463 e. The summed E-state index contributed by atoms with van der Waals surface area (Å²) in [6.07, 6.45) is 4.11. The molecule has 0 aromatic heterocycles. The molecule has 1 aromatic carbocycles. The monoisotopic (exact) mass is 278 g/mol. The summed E-state index contributed by atoms with van der Waals surface area (Å²) >= 11 is 1.85. The number of carbonyl (C=O) groups excluding carboxylic acids is 2. The number of thioether (sulfide) groups is 1. The van der Waals surface area contributed by atoms with Crippen molar-refractivity contribution in [2.45, 2.75) is 19.4 Å². The van der Waals surface area contributed by atoms with E-state index in [4.69, 9.17) is 0 Å². The third kappa shape index (κ3) is 6.27. The predicted molar refractivity (Wildman–Crippen MR) is 77.6 cm³/mol. The fraction of sp³-hybridized carbons (Fsp3) is 0.400. The van der Waals surface area contributed by atoms with E-state index in [0.29, 0.717) is 13.1 Å². The van der Waals surface area contributed by atoms with Gasteiger partial charge in [0.1, 0.15) is 12.5 Å². The maximum absolute atomic E-state index is 9.97. The number of hydrogen-bond acceptors (Lipinski definition) is 4. The van der Waals surface area contributed by atoms with Gasteiger partial charge < -0.3 is 4.74 Å². The van der Waals surface area contributed by atoms with Crippen LogP contribution in [0, 0.1) is 5.92 Å². The van der Waals surface area contributed by atoms with Crippen LogP contribution in [0.25, 0.3) is 0 Å². The van der Waals surface area contributed by atoms with Crippen molar-refractivity contribution >= 4 is 24.2 Å². The fourth-order valence-corrected chi connectivity index (χ4v) is 2.49. The molecular weight excluding hydrogens is 260 g/mol. The molecule has 1 fully saturated rings. The zero-order chi connectivity index (χ0) is 13.9. The Hall–Kier alpha value is -1.51. The zero-order valence-electron chi connectivity index (χ0n) is 11.0. The lowest BCUT2D eigenvalue weighted by atomic mass is 9.82. The molecule has 1 aliphatic carbocycles. The van der Waals surface area contributed by atoms with Gasteiger partial charge in [-0.15, -0.1) is 0 Å². The Balaban J connectivity index is 0.000000191. The van der Waals surface area contributed by atoms with Crippen LogP contribution in [0.15, 0.2) is 35.9 Å². The van der Waals surface area contributed by atoms with Gasteiger partial charge in [0.05, 0.1) is 0 Å². The maximum atomic E-state index is 9.97. The summed E-state index contributed by atoms with van der Waals surface area (Å²) < 4.78 is 4.54. The molecule has 3 nitrogen and oxygen atoms in total. The minimum Gasteiger partial charge on any atom is -0.463 e. The van der Waals surface area contributed by atoms with Crippen LogP contribution in [-0.4, -0.2) is 24.4 Å². The van der Waals surface area contributed by atoms with Crippen LogP contribution in [0.1, 0.15) is 18.4 Å². The lowest BCUT2D eigenvalue weighted by Gasteiger charge is -2.25. The molecule has 0 saturated heterocycles. The number of ether oxygens (including phenoxy) is 1. The Bertz CT molecular complexity index is 416. The number of carbonyl (C=O) groups is 1. The first-order valence-corrected chi connectivity index (χ1v) is 7.50. The van der Waals surface area contributed by atoms with Crippen molar-refractivity contribution in [2.75, 3.05) is 12.0 Å². The smallest absolute Gasteiger partial charge is 0.293 e. The van der Waals surface area contributed by atoms with Crippen LogP contribution >= 0.6 is 11.8 Å². The third-order valence-electron chi connectivity index (χ3n) is 2.78. The van der Waals surface area contributed by atoms with Crippen molar-refractivity contribution in [3.8, 4) is 0 Å². The summed E-state index contributed by atoms with van der Waals surface area (Å²) in [7, 11) is 0. The van der Waals surface area contributed by atoms with Gasteiger partial charge in [-0.3, -0.25) is 4.79 Å². The van der Waals surface area contributed by atoms with Crippen LogP contribution in [0.3, 0.4) is 0 Å². The molecule has 1 saturated carbocycles. The highest BCUT2D eigenvalue weighted by Crippen LogP contribution is 2.32. The Morgan fingerprint density at radius 3 is 2.58 bits per heavy atom. The van der Waals surface area contributed by atoms with E-state index in [0.717, 1.165) is 29.9 Å². The molecular formula is C15H18O3S. The second-order valence-electron chi connectivity index (χ2n) is 4.33. The molecule has 102 valence electrons. The van der Waals surface area contributed by atoms with Gasteiger partial charge >= 0.3 is 0 Å². The van der Waals surface area contributed by atoms with E-state index < -0.39 is 0 Å². The summed E-state index contributed by atoms with van der Waals surface area (Å²) in [5, 5.41) is 0. The average molecular weight is 278 g/mol. The topological polar surface area (TPSA) is 43.4 Å². The molecule has 0 N–H and O–H groups in total. The van der Waals surface area contributed by atoms with E-state index in [2.05, 4.69) is 11.0 Å². The van der Waals surface area contributed by atoms with Crippen LogP contribution in [0.2, 0.25) is 0 Å². The van der Waals surface area contributed by atoms with Crippen LogP contribution in [0.5, 0.6) is 0 Å². The van der Waals surface area contributed by atoms with E-state index >= 15 is 0 Å². The third-order valence-corrected chi connectivity index (χ3v) is 3.58. The molecule has 1 aliphatic rings. The van der Waals surface area contributed by atoms with Crippen LogP contribution in [-0.2, 0) is 20.9 Å². The van der Waals surface area contributed by atoms with E-state index in [1.807, 2.05) is 48.0 Å². The SMILES string of the molecule is CSCC1CC(=C=O)C1.O=COCc1ccccc1. The fourth-order valence-electron chi connectivity index (χ4n) is 1.78. The summed E-state index contributed by atoms with van der Waals surface area (Å²) in [5.74, 6) is 3.92. The molecule has 0 unspecified atom stereocenters. The summed E-state index contributed by atoms with van der Waals surface area (Å²) in [6.45, 7) is 0.817. The molecule has 2 rings (SSSR count). The molecule has 4 heteroatoms. The van der Waals surface area contributed by atoms with Gasteiger partial charge in [0, 0.05) is 5.57 Å². The first kappa shape index (κ1) is 15.5. The average Bonchev–Trinajstić information content (AvgIpc) is 2.42. The van der Waals surface area contributed by atoms with Gasteiger partial charge in [0.15, 0.2) is 0 Å². The first-order valence-electron chi connectivity index (χ1n) is 6.11. The molecule has 0 radical (unpaired) electrons. The molecule has 0 amide bonds. The maximum Gasteiger partial charge on any atom is 0.293 e. The van der Waals surface area contributed by atoms with Crippen molar-refractivity contribution in [3.05, 3.63) is 41.5 Å². The summed E-state index contributed by atoms with van der Waals surface area (Å²) in [6, 6.07) is 9.55. The van der Waals surface area contributed by atoms with Crippen molar-refractivity contribution in [3.63, 3.8) is 0 Å². The van der Waals surface area contributed by atoms with E-state index in [1.165, 1.54) is 5.75 Å². The standard InChI is InChI=1S/C8H8O2.C7H10OS/c9-7-10-6-8-4-2-1-3-5-8;1-9-5-7-2-6(3-7)4-8/h1-5,7H,6H2;7H,2-3,5H2,1H3. The quantitative estimate of drug-likeness (QED) is 0.613. The minimum absolute atomic E-state index is 0.365. The van der Waals surface area contributed by atoms with Crippen LogP contribution in [0.4, 0.5) is 0 Å². The van der Waals surface area contributed by atoms with Gasteiger partial charge in [-0.2, -0.15) is 11.8 Å². The predicted octanol–water partition coefficient (Wildman–Crippen LogP) is 2.88. The second kappa shape index (κ2) is 9.42. The van der Waals surface area contributed by atoms with E-state index in [-0.39, 0.29) is 0 Å². The highest BCUT2D eigenvalue weighted by atomic mass is 32.2. The Labute approximate surface area is 118 Å². The van der Waals surface area contributed by atoms with Gasteiger partial charge in [0.2, 0.25) is 0 Å². The normalized spacial score (nSPS) is 16.5. The van der Waals surface area contributed by atoms with Crippen molar-refractivity contribution in [1.82, 2.24) is 0 Å². The molecule has 0 bridgehead atoms. The van der Waals surface area contributed by atoms with Crippen molar-refractivity contribution in [1.29, 1.82) is 0 Å². The number of rotatable bonds is 5. The Morgan fingerprint density at radius 2 is 2.05 bits per heavy atom. The number of allylic oxidation sites excluding steroid dienone is 1. The van der Waals surface area contributed by atoms with Crippen molar-refractivity contribution < 1.29 is 14.3 Å². The molecule has 0 heterocycles. The van der Waals surface area contributed by atoms with Crippen molar-refractivity contribution in [2.24, 2.45) is 5.92 Å². The molecule has 1 aromatic rings. The summed E-state index contributed by atoms with van der Waals surface area (Å²) in [5.41, 5.74) is 1.99. The van der Waals surface area contributed by atoms with E-state index in [1.54, 1.807) is 0 Å². The Morgan fingerprint density at radius 1 is 1.37 bits per heavy atom.